The first kappa shape index (κ1) is 19.1. The minimum absolute atomic E-state index is 0.557. The van der Waals surface area contributed by atoms with Crippen LogP contribution in [-0.4, -0.2) is 18.0 Å². The maximum atomic E-state index is 4.30. The third kappa shape index (κ3) is 6.42. The van der Waals surface area contributed by atoms with Crippen LogP contribution in [0.4, 0.5) is 0 Å². The van der Waals surface area contributed by atoms with E-state index in [1.807, 2.05) is 0 Å². The molecule has 0 aromatic rings. The highest BCUT2D eigenvalue weighted by atomic mass is 15.1. The molecular weight excluding hydrogens is 266 g/mol. The molecule has 1 rings (SSSR count). The summed E-state index contributed by atoms with van der Waals surface area (Å²) in [5.74, 6) is 0.845. The van der Waals surface area contributed by atoms with Crippen LogP contribution < -0.4 is 0 Å². The van der Waals surface area contributed by atoms with Crippen LogP contribution in [0.25, 0.3) is 0 Å². The van der Waals surface area contributed by atoms with Gasteiger partial charge in [0.2, 0.25) is 0 Å². The Hall–Kier alpha value is -0.980. The number of nitrogens with zero attached hydrogens (tertiary/aromatic N) is 1. The number of hydrogen-bond donors (Lipinski definition) is 0. The molecule has 1 saturated carbocycles. The predicted octanol–water partition coefficient (Wildman–Crippen LogP) is 6.34. The summed E-state index contributed by atoms with van der Waals surface area (Å²) in [6, 6.07) is 0. The molecule has 2 atom stereocenters. The molecule has 22 heavy (non-hydrogen) atoms. The Bertz CT molecular complexity index is 421. The molecule has 1 nitrogen and oxygen atoms in total. The van der Waals surface area contributed by atoms with Crippen LogP contribution in [0, 0.1) is 11.3 Å². The van der Waals surface area contributed by atoms with Gasteiger partial charge in [-0.15, -0.1) is 0 Å². The van der Waals surface area contributed by atoms with Gasteiger partial charge < -0.3 is 4.90 Å². The van der Waals surface area contributed by atoms with Gasteiger partial charge in [0.15, 0.2) is 0 Å². The van der Waals surface area contributed by atoms with Crippen molar-refractivity contribution >= 4 is 0 Å². The summed E-state index contributed by atoms with van der Waals surface area (Å²) in [4.78, 5) is 2.52. The van der Waals surface area contributed by atoms with E-state index in [1.54, 1.807) is 0 Å². The summed E-state index contributed by atoms with van der Waals surface area (Å²) in [5.41, 5.74) is 4.55. The molecule has 0 N–H and O–H groups in total. The molecule has 0 saturated heterocycles. The molecule has 0 aliphatic heterocycles. The number of allylic oxidation sites excluding steroid dienone is 4. The lowest BCUT2D eigenvalue weighted by molar-refractivity contribution is 0.306. The molecule has 126 valence electrons. The van der Waals surface area contributed by atoms with Crippen molar-refractivity contribution in [2.24, 2.45) is 11.3 Å². The zero-order chi connectivity index (χ0) is 16.8. The zero-order valence-electron chi connectivity index (χ0n) is 15.8. The van der Waals surface area contributed by atoms with Gasteiger partial charge in [-0.05, 0) is 70.8 Å². The van der Waals surface area contributed by atoms with Gasteiger partial charge in [0.05, 0.1) is 0 Å². The molecular formula is C21H37N. The number of hydrogen-bond acceptors (Lipinski definition) is 1. The van der Waals surface area contributed by atoms with E-state index in [4.69, 9.17) is 0 Å². The van der Waals surface area contributed by atoms with E-state index in [2.05, 4.69) is 65.2 Å². The fourth-order valence-electron chi connectivity index (χ4n) is 3.18. The minimum atomic E-state index is 0.557. The van der Waals surface area contributed by atoms with Crippen LogP contribution >= 0.6 is 0 Å². The van der Waals surface area contributed by atoms with Crippen LogP contribution in [0.3, 0.4) is 0 Å². The summed E-state index contributed by atoms with van der Waals surface area (Å²) in [5, 5.41) is 0. The Labute approximate surface area is 139 Å². The van der Waals surface area contributed by atoms with Gasteiger partial charge in [-0.3, -0.25) is 0 Å². The van der Waals surface area contributed by atoms with E-state index in [0.29, 0.717) is 5.41 Å². The molecule has 2 unspecified atom stereocenters. The minimum Gasteiger partial charge on any atom is -0.372 e. The Morgan fingerprint density at radius 2 is 1.91 bits per heavy atom. The van der Waals surface area contributed by atoms with Crippen LogP contribution in [0.1, 0.15) is 73.6 Å². The van der Waals surface area contributed by atoms with Crippen molar-refractivity contribution in [3.05, 3.63) is 35.6 Å². The second-order valence-corrected chi connectivity index (χ2v) is 7.89. The van der Waals surface area contributed by atoms with Crippen LogP contribution in [0.2, 0.25) is 0 Å². The van der Waals surface area contributed by atoms with E-state index in [-0.39, 0.29) is 0 Å². The van der Waals surface area contributed by atoms with Gasteiger partial charge in [-0.25, -0.2) is 0 Å². The predicted molar refractivity (Wildman–Crippen MR) is 99.9 cm³/mol. The maximum absolute atomic E-state index is 4.30. The summed E-state index contributed by atoms with van der Waals surface area (Å²) < 4.78 is 0. The van der Waals surface area contributed by atoms with Gasteiger partial charge in [0, 0.05) is 18.8 Å². The first-order chi connectivity index (χ1) is 10.3. The van der Waals surface area contributed by atoms with E-state index in [9.17, 15) is 0 Å². The molecule has 0 spiro atoms. The summed E-state index contributed by atoms with van der Waals surface area (Å²) in [6.07, 6.45) is 11.1. The molecule has 1 fully saturated rings. The molecule has 0 radical (unpaired) electrons. The zero-order valence-corrected chi connectivity index (χ0v) is 15.8. The highest BCUT2D eigenvalue weighted by molar-refractivity contribution is 5.18. The molecule has 1 heteroatoms. The second kappa shape index (κ2) is 8.60. The van der Waals surface area contributed by atoms with Crippen molar-refractivity contribution in [2.75, 3.05) is 13.1 Å². The Morgan fingerprint density at radius 3 is 2.45 bits per heavy atom. The van der Waals surface area contributed by atoms with Crippen molar-refractivity contribution < 1.29 is 0 Å². The third-order valence-corrected chi connectivity index (χ3v) is 4.89. The molecule has 0 heterocycles. The fraction of sp³-hybridized carbons (Fsp3) is 0.714. The Morgan fingerprint density at radius 1 is 1.23 bits per heavy atom. The topological polar surface area (TPSA) is 3.24 Å². The quantitative estimate of drug-likeness (QED) is 0.336. The molecule has 1 aliphatic rings. The SMILES string of the molecule is C=C(C=C(C)C)N(CCCC)CC1CC1(C)CCC=C(C)C. The van der Waals surface area contributed by atoms with Crippen LogP contribution in [-0.2, 0) is 0 Å². The van der Waals surface area contributed by atoms with E-state index in [0.717, 1.165) is 12.5 Å². The highest BCUT2D eigenvalue weighted by Crippen LogP contribution is 2.56. The van der Waals surface area contributed by atoms with E-state index < -0.39 is 0 Å². The summed E-state index contributed by atoms with van der Waals surface area (Å²) >= 11 is 0. The monoisotopic (exact) mass is 303 g/mol. The fourth-order valence-corrected chi connectivity index (χ4v) is 3.18. The standard InChI is InChI=1S/C21H37N/c1-8-9-13-22(19(6)14-18(4)5)16-20-15-21(20,7)12-10-11-17(2)3/h11,14,20H,6,8-10,12-13,15-16H2,1-5,7H3. The van der Waals surface area contributed by atoms with Gasteiger partial charge in [0.1, 0.15) is 0 Å². The van der Waals surface area contributed by atoms with Crippen molar-refractivity contribution in [3.63, 3.8) is 0 Å². The van der Waals surface area contributed by atoms with Crippen molar-refractivity contribution in [1.29, 1.82) is 0 Å². The van der Waals surface area contributed by atoms with E-state index in [1.165, 1.54) is 55.5 Å². The first-order valence-electron chi connectivity index (χ1n) is 9.00. The third-order valence-electron chi connectivity index (χ3n) is 4.89. The van der Waals surface area contributed by atoms with Crippen molar-refractivity contribution in [3.8, 4) is 0 Å². The Balaban J connectivity index is 2.55. The first-order valence-corrected chi connectivity index (χ1v) is 9.00. The van der Waals surface area contributed by atoms with Crippen LogP contribution in [0.5, 0.6) is 0 Å². The lowest BCUT2D eigenvalue weighted by Crippen LogP contribution is -2.26. The Kier molecular flexibility index (Phi) is 7.45. The van der Waals surface area contributed by atoms with E-state index >= 15 is 0 Å². The van der Waals surface area contributed by atoms with Gasteiger partial charge >= 0.3 is 0 Å². The van der Waals surface area contributed by atoms with Gasteiger partial charge in [-0.2, -0.15) is 0 Å². The van der Waals surface area contributed by atoms with Gasteiger partial charge in [-0.1, -0.05) is 44.1 Å². The smallest absolute Gasteiger partial charge is 0.0292 e. The average Bonchev–Trinajstić information content (AvgIpc) is 3.03. The largest absolute Gasteiger partial charge is 0.372 e. The van der Waals surface area contributed by atoms with Crippen molar-refractivity contribution in [2.45, 2.75) is 73.6 Å². The molecule has 0 bridgehead atoms. The normalized spacial score (nSPS) is 22.9. The number of rotatable bonds is 10. The molecule has 0 aromatic heterocycles. The molecule has 1 aliphatic carbocycles. The number of unbranched alkanes of at least 4 members (excludes halogenated alkanes) is 1. The summed E-state index contributed by atoms with van der Waals surface area (Å²) in [7, 11) is 0. The highest BCUT2D eigenvalue weighted by Gasteiger charge is 2.49. The van der Waals surface area contributed by atoms with Crippen LogP contribution in [0.15, 0.2) is 35.6 Å². The lowest BCUT2D eigenvalue weighted by Gasteiger charge is -2.26. The van der Waals surface area contributed by atoms with Crippen molar-refractivity contribution in [1.82, 2.24) is 4.90 Å². The van der Waals surface area contributed by atoms with Gasteiger partial charge in [0.25, 0.3) is 0 Å². The second-order valence-electron chi connectivity index (χ2n) is 7.89. The molecule has 0 amide bonds. The lowest BCUT2D eigenvalue weighted by atomic mass is 9.98. The average molecular weight is 304 g/mol. The maximum Gasteiger partial charge on any atom is 0.0292 e. The molecule has 0 aromatic carbocycles. The summed E-state index contributed by atoms with van der Waals surface area (Å²) in [6.45, 7) is 20.1.